The van der Waals surface area contributed by atoms with E-state index in [1.807, 2.05) is 13.0 Å². The molecule has 2 nitrogen and oxygen atoms in total. The van der Waals surface area contributed by atoms with Crippen LogP contribution in [0.1, 0.15) is 30.2 Å². The molecule has 1 aromatic carbocycles. The zero-order valence-corrected chi connectivity index (χ0v) is 12.6. The third-order valence-electron chi connectivity index (χ3n) is 3.71. The molecule has 19 heavy (non-hydrogen) atoms. The third-order valence-corrected chi connectivity index (χ3v) is 4.49. The van der Waals surface area contributed by atoms with Gasteiger partial charge in [0.15, 0.2) is 0 Å². The molecule has 0 bridgehead atoms. The maximum absolute atomic E-state index is 6.50. The Morgan fingerprint density at radius 1 is 1.32 bits per heavy atom. The highest BCUT2D eigenvalue weighted by Gasteiger charge is 2.22. The van der Waals surface area contributed by atoms with Crippen molar-refractivity contribution < 1.29 is 0 Å². The van der Waals surface area contributed by atoms with E-state index in [4.69, 9.17) is 28.2 Å². The summed E-state index contributed by atoms with van der Waals surface area (Å²) in [6.07, 6.45) is 3.26. The molecular formula is C15H16Cl2N2. The van der Waals surface area contributed by atoms with Crippen molar-refractivity contribution in [1.29, 1.82) is 0 Å². The van der Waals surface area contributed by atoms with Crippen molar-refractivity contribution in [1.82, 2.24) is 4.98 Å². The van der Waals surface area contributed by atoms with Gasteiger partial charge >= 0.3 is 0 Å². The Labute approximate surface area is 123 Å². The van der Waals surface area contributed by atoms with Crippen molar-refractivity contribution in [2.75, 3.05) is 11.9 Å². The molecule has 1 N–H and O–H groups in total. The molecule has 1 aliphatic carbocycles. The number of anilines is 1. The minimum atomic E-state index is 0.686. The first kappa shape index (κ1) is 13.0. The van der Waals surface area contributed by atoms with Crippen molar-refractivity contribution in [2.24, 2.45) is 0 Å². The Morgan fingerprint density at radius 2 is 2.11 bits per heavy atom. The van der Waals surface area contributed by atoms with Crippen LogP contribution in [0.15, 0.2) is 6.07 Å². The first-order valence-electron chi connectivity index (χ1n) is 6.67. The van der Waals surface area contributed by atoms with Crippen LogP contribution in [0.25, 0.3) is 10.9 Å². The highest BCUT2D eigenvalue weighted by atomic mass is 35.5. The summed E-state index contributed by atoms with van der Waals surface area (Å²) in [5, 5.41) is 5.89. The number of halogens is 2. The van der Waals surface area contributed by atoms with E-state index in [1.54, 1.807) is 0 Å². The van der Waals surface area contributed by atoms with Crippen LogP contribution in [0.2, 0.25) is 10.0 Å². The van der Waals surface area contributed by atoms with Crippen LogP contribution < -0.4 is 5.32 Å². The van der Waals surface area contributed by atoms with Gasteiger partial charge in [-0.1, -0.05) is 23.2 Å². The standard InChI is InChI=1S/C15H16Cl2N2/c1-3-18-14-9-5-4-6-11(9)19-15-10(16)7-8(2)13(17)12(14)15/h7H,3-6H2,1-2H3,(H,18,19). The number of nitrogens with one attached hydrogen (secondary N) is 1. The highest BCUT2D eigenvalue weighted by molar-refractivity contribution is 6.41. The fourth-order valence-electron chi connectivity index (χ4n) is 2.86. The monoisotopic (exact) mass is 294 g/mol. The number of nitrogens with zero attached hydrogens (tertiary/aromatic N) is 1. The maximum atomic E-state index is 6.50. The predicted molar refractivity (Wildman–Crippen MR) is 82.7 cm³/mol. The van der Waals surface area contributed by atoms with Crippen molar-refractivity contribution >= 4 is 39.8 Å². The first-order chi connectivity index (χ1) is 9.13. The first-order valence-corrected chi connectivity index (χ1v) is 7.43. The normalized spacial score (nSPS) is 13.9. The summed E-state index contributed by atoms with van der Waals surface area (Å²) >= 11 is 12.9. The van der Waals surface area contributed by atoms with Crippen molar-refractivity contribution in [2.45, 2.75) is 33.1 Å². The zero-order chi connectivity index (χ0) is 13.6. The largest absolute Gasteiger partial charge is 0.384 e. The number of aryl methyl sites for hydroxylation is 2. The second-order valence-corrected chi connectivity index (χ2v) is 5.79. The fraction of sp³-hybridized carbons (Fsp3) is 0.400. The third kappa shape index (κ3) is 1.98. The molecule has 3 rings (SSSR count). The Kier molecular flexibility index (Phi) is 3.32. The van der Waals surface area contributed by atoms with Crippen molar-refractivity contribution in [3.05, 3.63) is 32.9 Å². The van der Waals surface area contributed by atoms with Crippen molar-refractivity contribution in [3.8, 4) is 0 Å². The molecule has 0 saturated carbocycles. The molecule has 1 aliphatic rings. The lowest BCUT2D eigenvalue weighted by Crippen LogP contribution is -2.04. The average Bonchev–Trinajstić information content (AvgIpc) is 2.84. The Hall–Kier alpha value is -0.990. The van der Waals surface area contributed by atoms with Gasteiger partial charge in [-0.25, -0.2) is 0 Å². The minimum absolute atomic E-state index is 0.686. The van der Waals surface area contributed by atoms with Crippen LogP contribution in [0.4, 0.5) is 5.69 Å². The van der Waals surface area contributed by atoms with Crippen LogP contribution in [0, 0.1) is 6.92 Å². The maximum Gasteiger partial charge on any atom is 0.0927 e. The number of fused-ring (bicyclic) bond motifs is 2. The number of pyridine rings is 1. The summed E-state index contributed by atoms with van der Waals surface area (Å²) in [5.74, 6) is 0. The van der Waals surface area contributed by atoms with E-state index >= 15 is 0 Å². The molecule has 2 aromatic rings. The Bertz CT molecular complexity index is 665. The lowest BCUT2D eigenvalue weighted by Gasteiger charge is -2.16. The molecule has 0 aliphatic heterocycles. The average molecular weight is 295 g/mol. The number of benzene rings is 1. The fourth-order valence-corrected chi connectivity index (χ4v) is 3.40. The lowest BCUT2D eigenvalue weighted by molar-refractivity contribution is 0.901. The number of aromatic nitrogens is 1. The van der Waals surface area contributed by atoms with Crippen molar-refractivity contribution in [3.63, 3.8) is 0 Å². The minimum Gasteiger partial charge on any atom is -0.384 e. The van der Waals surface area contributed by atoms with Gasteiger partial charge < -0.3 is 5.32 Å². The molecule has 0 atom stereocenters. The molecule has 4 heteroatoms. The summed E-state index contributed by atoms with van der Waals surface area (Å²) < 4.78 is 0. The predicted octanol–water partition coefficient (Wildman–Crippen LogP) is 4.77. The van der Waals surface area contributed by atoms with Gasteiger partial charge in [-0.3, -0.25) is 4.98 Å². The van der Waals surface area contributed by atoms with E-state index in [-0.39, 0.29) is 0 Å². The molecular weight excluding hydrogens is 279 g/mol. The molecule has 1 aromatic heterocycles. The van der Waals surface area contributed by atoms with Gasteiger partial charge in [0.1, 0.15) is 0 Å². The second-order valence-electron chi connectivity index (χ2n) is 5.01. The molecule has 1 heterocycles. The van der Waals surface area contributed by atoms with Crippen LogP contribution >= 0.6 is 23.2 Å². The highest BCUT2D eigenvalue weighted by Crippen LogP contribution is 2.41. The van der Waals surface area contributed by atoms with Crippen LogP contribution in [0.3, 0.4) is 0 Å². The van der Waals surface area contributed by atoms with Gasteiger partial charge in [-0.05, 0) is 50.3 Å². The second kappa shape index (κ2) is 4.84. The van der Waals surface area contributed by atoms with Gasteiger partial charge in [-0.15, -0.1) is 0 Å². The van der Waals surface area contributed by atoms with E-state index in [0.29, 0.717) is 5.02 Å². The smallest absolute Gasteiger partial charge is 0.0927 e. The molecule has 0 radical (unpaired) electrons. The molecule has 0 saturated heterocycles. The summed E-state index contributed by atoms with van der Waals surface area (Å²) in [5.41, 5.74) is 5.45. The number of rotatable bonds is 2. The van der Waals surface area contributed by atoms with Crippen LogP contribution in [-0.4, -0.2) is 11.5 Å². The van der Waals surface area contributed by atoms with Crippen LogP contribution in [0.5, 0.6) is 0 Å². The van der Waals surface area contributed by atoms with Gasteiger partial charge in [0.25, 0.3) is 0 Å². The molecule has 0 unspecified atom stereocenters. The van der Waals surface area contributed by atoms with E-state index in [2.05, 4.69) is 12.2 Å². The molecule has 0 amide bonds. The topological polar surface area (TPSA) is 24.9 Å². The number of hydrogen-bond donors (Lipinski definition) is 1. The van der Waals surface area contributed by atoms with E-state index in [1.165, 1.54) is 11.3 Å². The zero-order valence-electron chi connectivity index (χ0n) is 11.1. The van der Waals surface area contributed by atoms with E-state index in [0.717, 1.165) is 53.0 Å². The number of hydrogen-bond acceptors (Lipinski definition) is 2. The molecule has 0 spiro atoms. The molecule has 0 fully saturated rings. The quantitative estimate of drug-likeness (QED) is 0.863. The van der Waals surface area contributed by atoms with Gasteiger partial charge in [0.05, 0.1) is 21.2 Å². The van der Waals surface area contributed by atoms with Gasteiger partial charge in [-0.2, -0.15) is 0 Å². The molecule has 100 valence electrons. The lowest BCUT2D eigenvalue weighted by atomic mass is 10.0. The van der Waals surface area contributed by atoms with E-state index in [9.17, 15) is 0 Å². The summed E-state index contributed by atoms with van der Waals surface area (Å²) in [7, 11) is 0. The van der Waals surface area contributed by atoms with Gasteiger partial charge in [0, 0.05) is 17.6 Å². The summed E-state index contributed by atoms with van der Waals surface area (Å²) in [6.45, 7) is 4.95. The van der Waals surface area contributed by atoms with Gasteiger partial charge in [0.2, 0.25) is 0 Å². The Morgan fingerprint density at radius 3 is 2.84 bits per heavy atom. The Balaban J connectivity index is 2.45. The SMILES string of the molecule is CCNc1c2c(nc3c(Cl)cc(C)c(Cl)c13)CCC2. The summed E-state index contributed by atoms with van der Waals surface area (Å²) in [4.78, 5) is 4.74. The van der Waals surface area contributed by atoms with E-state index < -0.39 is 0 Å². The van der Waals surface area contributed by atoms with Crippen LogP contribution in [-0.2, 0) is 12.8 Å². The summed E-state index contributed by atoms with van der Waals surface area (Å²) in [6, 6.07) is 1.90.